The third kappa shape index (κ3) is 6.92. The van der Waals surface area contributed by atoms with Gasteiger partial charge in [-0.1, -0.05) is 48.5 Å². The maximum atomic E-state index is 12.9. The number of hydrogen-bond donors (Lipinski definition) is 0. The summed E-state index contributed by atoms with van der Waals surface area (Å²) < 4.78 is 11.2. The second kappa shape index (κ2) is 12.6. The minimum absolute atomic E-state index is 0.170. The number of ether oxygens (including phenoxy) is 2. The van der Waals surface area contributed by atoms with Gasteiger partial charge in [0.2, 0.25) is 0 Å². The zero-order valence-corrected chi connectivity index (χ0v) is 26.4. The van der Waals surface area contributed by atoms with Gasteiger partial charge in [0.25, 0.3) is 0 Å². The second-order valence-corrected chi connectivity index (χ2v) is 13.9. The molecular formula is C37H45N3O4. The smallest absolute Gasteiger partial charge is 0.414 e. The van der Waals surface area contributed by atoms with Gasteiger partial charge in [-0.05, 0) is 112 Å². The van der Waals surface area contributed by atoms with E-state index in [0.717, 1.165) is 66.8 Å². The number of fused-ring (bicyclic) bond motifs is 1. The molecule has 232 valence electrons. The number of likely N-dealkylation sites (tertiary alicyclic amines) is 1. The third-order valence-electron chi connectivity index (χ3n) is 9.72. The maximum Gasteiger partial charge on any atom is 0.414 e. The molecule has 1 spiro atoms. The highest BCUT2D eigenvalue weighted by molar-refractivity contribution is 5.92. The van der Waals surface area contributed by atoms with Gasteiger partial charge in [-0.15, -0.1) is 0 Å². The van der Waals surface area contributed by atoms with Crippen LogP contribution in [0.2, 0.25) is 0 Å². The Bertz CT molecular complexity index is 1450. The summed E-state index contributed by atoms with van der Waals surface area (Å²) in [7, 11) is 0. The Balaban J connectivity index is 1.01. The summed E-state index contributed by atoms with van der Waals surface area (Å²) in [6.07, 6.45) is 10.5. The predicted octanol–water partition coefficient (Wildman–Crippen LogP) is 8.20. The summed E-state index contributed by atoms with van der Waals surface area (Å²) in [6.45, 7) is 8.27. The van der Waals surface area contributed by atoms with Crippen LogP contribution in [0.4, 0.5) is 15.3 Å². The number of hydrogen-bond acceptors (Lipinski definition) is 5. The Labute approximate surface area is 261 Å². The molecule has 44 heavy (non-hydrogen) atoms. The normalized spacial score (nSPS) is 18.2. The second-order valence-electron chi connectivity index (χ2n) is 13.9. The largest absolute Gasteiger partial charge is 0.444 e. The van der Waals surface area contributed by atoms with Crippen molar-refractivity contribution in [3.8, 4) is 11.3 Å². The van der Waals surface area contributed by atoms with Gasteiger partial charge in [-0.25, -0.2) is 9.59 Å². The molecule has 0 unspecified atom stereocenters. The summed E-state index contributed by atoms with van der Waals surface area (Å²) in [5.74, 6) is 0.675. The number of amides is 2. The molecule has 0 N–H and O–H groups in total. The van der Waals surface area contributed by atoms with Crippen LogP contribution in [-0.2, 0) is 28.9 Å². The molecule has 2 amide bonds. The first-order valence-electron chi connectivity index (χ1n) is 16.2. The van der Waals surface area contributed by atoms with E-state index < -0.39 is 5.60 Å². The lowest BCUT2D eigenvalue weighted by Gasteiger charge is -2.46. The van der Waals surface area contributed by atoms with Crippen LogP contribution in [0.15, 0.2) is 66.9 Å². The highest BCUT2D eigenvalue weighted by Crippen LogP contribution is 2.47. The fraction of sp³-hybridized carbons (Fsp3) is 0.486. The molecular weight excluding hydrogens is 550 g/mol. The summed E-state index contributed by atoms with van der Waals surface area (Å²) in [4.78, 5) is 33.9. The number of rotatable bonds is 5. The molecule has 2 fully saturated rings. The fourth-order valence-corrected chi connectivity index (χ4v) is 7.18. The van der Waals surface area contributed by atoms with Crippen LogP contribution in [0, 0.1) is 11.3 Å². The van der Waals surface area contributed by atoms with Gasteiger partial charge in [0, 0.05) is 31.4 Å². The predicted molar refractivity (Wildman–Crippen MR) is 172 cm³/mol. The van der Waals surface area contributed by atoms with Crippen molar-refractivity contribution in [2.45, 2.75) is 84.3 Å². The molecule has 6 rings (SSSR count). The maximum absolute atomic E-state index is 12.9. The quantitative estimate of drug-likeness (QED) is 0.297. The van der Waals surface area contributed by atoms with Crippen LogP contribution in [0.5, 0.6) is 0 Å². The van der Waals surface area contributed by atoms with Crippen molar-refractivity contribution >= 4 is 17.9 Å². The van der Waals surface area contributed by atoms with Crippen molar-refractivity contribution in [1.82, 2.24) is 9.88 Å². The van der Waals surface area contributed by atoms with E-state index in [1.54, 1.807) is 4.90 Å². The van der Waals surface area contributed by atoms with Gasteiger partial charge in [0.15, 0.2) is 0 Å². The summed E-state index contributed by atoms with van der Waals surface area (Å²) >= 11 is 0. The SMILES string of the molecule is CC(C)(C)OC(=O)N1CCC2(CCC(Cc3ccc(-c4cccc5c4CCN5C(=O)OCc4ccccc4)nc3)CC2)CC1. The topological polar surface area (TPSA) is 72.0 Å². The molecule has 0 atom stereocenters. The lowest BCUT2D eigenvalue weighted by atomic mass is 9.65. The number of carbonyl (C=O) groups excluding carboxylic acids is 2. The van der Waals surface area contributed by atoms with Crippen LogP contribution in [-0.4, -0.2) is 47.3 Å². The number of benzene rings is 2. The van der Waals surface area contributed by atoms with Crippen molar-refractivity contribution in [3.63, 3.8) is 0 Å². The lowest BCUT2D eigenvalue weighted by molar-refractivity contribution is 0.00142. The number of pyridine rings is 1. The Morgan fingerprint density at radius 2 is 1.61 bits per heavy atom. The van der Waals surface area contributed by atoms with E-state index in [0.29, 0.717) is 17.9 Å². The highest BCUT2D eigenvalue weighted by atomic mass is 16.6. The third-order valence-corrected chi connectivity index (χ3v) is 9.72. The van der Waals surface area contributed by atoms with E-state index in [4.69, 9.17) is 14.5 Å². The first-order chi connectivity index (χ1) is 21.2. The van der Waals surface area contributed by atoms with Gasteiger partial charge >= 0.3 is 12.2 Å². The van der Waals surface area contributed by atoms with Gasteiger partial charge < -0.3 is 14.4 Å². The lowest BCUT2D eigenvalue weighted by Crippen LogP contribution is -2.46. The van der Waals surface area contributed by atoms with Crippen molar-refractivity contribution in [3.05, 3.63) is 83.6 Å². The van der Waals surface area contributed by atoms with Crippen LogP contribution in [0.25, 0.3) is 11.3 Å². The minimum Gasteiger partial charge on any atom is -0.444 e. The molecule has 1 aliphatic carbocycles. The van der Waals surface area contributed by atoms with Crippen molar-refractivity contribution in [2.75, 3.05) is 24.5 Å². The zero-order valence-electron chi connectivity index (χ0n) is 26.4. The van der Waals surface area contributed by atoms with Crippen molar-refractivity contribution < 1.29 is 19.1 Å². The molecule has 7 nitrogen and oxygen atoms in total. The molecule has 3 heterocycles. The van der Waals surface area contributed by atoms with E-state index in [1.165, 1.54) is 31.2 Å². The van der Waals surface area contributed by atoms with Gasteiger partial charge in [-0.2, -0.15) is 0 Å². The number of carbonyl (C=O) groups is 2. The van der Waals surface area contributed by atoms with Crippen molar-refractivity contribution in [1.29, 1.82) is 0 Å². The summed E-state index contributed by atoms with van der Waals surface area (Å²) in [5.41, 5.74) is 6.30. The van der Waals surface area contributed by atoms with E-state index in [1.807, 2.05) is 74.3 Å². The standard InChI is InChI=1S/C37H45N3O4/c1-36(2,3)44-34(41)39-22-19-37(20-23-39)17-14-27(15-18-37)24-29-12-13-32(38-25-29)30-10-7-11-33-31(30)16-21-40(33)35(42)43-26-28-8-5-4-6-9-28/h4-13,25,27H,14-24,26H2,1-3H3. The Morgan fingerprint density at radius 3 is 2.30 bits per heavy atom. The molecule has 0 radical (unpaired) electrons. The van der Waals surface area contributed by atoms with Crippen LogP contribution >= 0.6 is 0 Å². The molecule has 3 aromatic rings. The Hall–Kier alpha value is -3.87. The van der Waals surface area contributed by atoms with Gasteiger partial charge in [0.1, 0.15) is 12.2 Å². The van der Waals surface area contributed by atoms with Gasteiger partial charge in [-0.3, -0.25) is 9.88 Å². The molecule has 1 saturated heterocycles. The summed E-state index contributed by atoms with van der Waals surface area (Å²) in [5, 5.41) is 0. The van der Waals surface area contributed by atoms with E-state index in [-0.39, 0.29) is 18.8 Å². The average molecular weight is 596 g/mol. The molecule has 1 saturated carbocycles. The number of anilines is 1. The molecule has 0 bridgehead atoms. The zero-order chi connectivity index (χ0) is 30.7. The number of nitrogens with zero attached hydrogens (tertiary/aromatic N) is 3. The first-order valence-corrected chi connectivity index (χ1v) is 16.2. The minimum atomic E-state index is -0.446. The highest BCUT2D eigenvalue weighted by Gasteiger charge is 2.39. The van der Waals surface area contributed by atoms with Crippen LogP contribution in [0.3, 0.4) is 0 Å². The number of piperidine rings is 1. The molecule has 2 aliphatic heterocycles. The first kappa shape index (κ1) is 30.2. The van der Waals surface area contributed by atoms with E-state index in [2.05, 4.69) is 18.2 Å². The van der Waals surface area contributed by atoms with Gasteiger partial charge in [0.05, 0.1) is 11.4 Å². The Kier molecular flexibility index (Phi) is 8.66. The van der Waals surface area contributed by atoms with E-state index >= 15 is 0 Å². The molecule has 3 aliphatic rings. The van der Waals surface area contributed by atoms with Crippen LogP contribution in [0.1, 0.15) is 76.0 Å². The Morgan fingerprint density at radius 1 is 0.864 bits per heavy atom. The molecule has 7 heteroatoms. The average Bonchev–Trinajstić information content (AvgIpc) is 3.46. The van der Waals surface area contributed by atoms with E-state index in [9.17, 15) is 9.59 Å². The van der Waals surface area contributed by atoms with Crippen molar-refractivity contribution in [2.24, 2.45) is 11.3 Å². The molecule has 1 aromatic heterocycles. The fourth-order valence-electron chi connectivity index (χ4n) is 7.18. The number of aromatic nitrogens is 1. The van der Waals surface area contributed by atoms with Crippen LogP contribution < -0.4 is 4.90 Å². The summed E-state index contributed by atoms with van der Waals surface area (Å²) in [6, 6.07) is 20.2. The monoisotopic (exact) mass is 595 g/mol. The molecule has 2 aromatic carbocycles.